The van der Waals surface area contributed by atoms with Crippen LogP contribution in [-0.2, 0) is 14.8 Å². The molecule has 0 radical (unpaired) electrons. The number of nitrogens with zero attached hydrogens (tertiary/aromatic N) is 1. The van der Waals surface area contributed by atoms with E-state index < -0.39 is 28.3 Å². The van der Waals surface area contributed by atoms with E-state index in [9.17, 15) is 17.6 Å². The Morgan fingerprint density at radius 1 is 1.11 bits per heavy atom. The van der Waals surface area contributed by atoms with Gasteiger partial charge in [0, 0.05) is 5.69 Å². The maximum atomic E-state index is 14.4. The molecule has 8 heteroatoms. The molecule has 5 nitrogen and oxygen atoms in total. The molecule has 1 N–H and O–H groups in total. The predicted molar refractivity (Wildman–Crippen MR) is 110 cm³/mol. The van der Waals surface area contributed by atoms with Crippen molar-refractivity contribution in [3.8, 4) is 0 Å². The van der Waals surface area contributed by atoms with Crippen LogP contribution < -0.4 is 9.62 Å². The van der Waals surface area contributed by atoms with Gasteiger partial charge < -0.3 is 5.32 Å². The van der Waals surface area contributed by atoms with Gasteiger partial charge in [0.2, 0.25) is 5.91 Å². The molecule has 0 aliphatic heterocycles. The SMILES string of the molecule is Cc1ccc(NC(=O)CN(c2ccccc2F)S(=O)(=O)c2cccs2)c(C)c1. The van der Waals surface area contributed by atoms with E-state index >= 15 is 0 Å². The zero-order valence-corrected chi connectivity index (χ0v) is 17.0. The highest BCUT2D eigenvalue weighted by Crippen LogP contribution is 2.28. The Labute approximate surface area is 167 Å². The molecule has 0 atom stereocenters. The Hall–Kier alpha value is -2.71. The number of hydrogen-bond acceptors (Lipinski definition) is 4. The summed E-state index contributed by atoms with van der Waals surface area (Å²) < 4.78 is 41.3. The Morgan fingerprint density at radius 2 is 1.86 bits per heavy atom. The fraction of sp³-hybridized carbons (Fsp3) is 0.150. The molecule has 3 aromatic rings. The van der Waals surface area contributed by atoms with Crippen molar-refractivity contribution in [1.82, 2.24) is 0 Å². The Morgan fingerprint density at radius 3 is 2.50 bits per heavy atom. The second-order valence-electron chi connectivity index (χ2n) is 6.26. The number of amides is 1. The molecule has 0 saturated heterocycles. The molecule has 0 aliphatic carbocycles. The number of benzene rings is 2. The third-order valence-corrected chi connectivity index (χ3v) is 7.24. The van der Waals surface area contributed by atoms with Crippen molar-refractivity contribution in [2.75, 3.05) is 16.2 Å². The van der Waals surface area contributed by atoms with Gasteiger partial charge in [-0.15, -0.1) is 11.3 Å². The highest BCUT2D eigenvalue weighted by Gasteiger charge is 2.30. The molecule has 0 aliphatic rings. The van der Waals surface area contributed by atoms with Crippen molar-refractivity contribution < 1.29 is 17.6 Å². The largest absolute Gasteiger partial charge is 0.324 e. The fourth-order valence-electron chi connectivity index (χ4n) is 2.75. The molecule has 1 heterocycles. The van der Waals surface area contributed by atoms with E-state index in [-0.39, 0.29) is 9.90 Å². The zero-order chi connectivity index (χ0) is 20.3. The number of thiophene rings is 1. The lowest BCUT2D eigenvalue weighted by Gasteiger charge is -2.24. The van der Waals surface area contributed by atoms with Crippen LogP contribution in [0.15, 0.2) is 64.2 Å². The summed E-state index contributed by atoms with van der Waals surface area (Å²) in [7, 11) is -4.09. The van der Waals surface area contributed by atoms with E-state index in [1.54, 1.807) is 17.5 Å². The van der Waals surface area contributed by atoms with E-state index in [1.807, 2.05) is 26.0 Å². The lowest BCUT2D eigenvalue weighted by atomic mass is 10.1. The minimum atomic E-state index is -4.09. The summed E-state index contributed by atoms with van der Waals surface area (Å²) in [5, 5.41) is 4.32. The molecular formula is C20H19FN2O3S2. The third kappa shape index (κ3) is 4.23. The number of nitrogens with one attached hydrogen (secondary N) is 1. The molecule has 146 valence electrons. The van der Waals surface area contributed by atoms with Gasteiger partial charge in [-0.2, -0.15) is 0 Å². The van der Waals surface area contributed by atoms with Crippen LogP contribution in [0, 0.1) is 19.7 Å². The van der Waals surface area contributed by atoms with Crippen molar-refractivity contribution in [3.63, 3.8) is 0 Å². The summed E-state index contributed by atoms with van der Waals surface area (Å²) in [6, 6.07) is 14.0. The maximum Gasteiger partial charge on any atom is 0.274 e. The molecule has 3 rings (SSSR count). The lowest BCUT2D eigenvalue weighted by molar-refractivity contribution is -0.114. The van der Waals surface area contributed by atoms with Crippen molar-refractivity contribution >= 4 is 38.6 Å². The summed E-state index contributed by atoms with van der Waals surface area (Å²) in [4.78, 5) is 12.6. The second-order valence-corrected chi connectivity index (χ2v) is 9.30. The third-order valence-electron chi connectivity index (χ3n) is 4.10. The van der Waals surface area contributed by atoms with Crippen molar-refractivity contribution in [1.29, 1.82) is 0 Å². The van der Waals surface area contributed by atoms with Crippen LogP contribution in [0.5, 0.6) is 0 Å². The quantitative estimate of drug-likeness (QED) is 0.648. The fourth-order valence-corrected chi connectivity index (χ4v) is 5.28. The number of carbonyl (C=O) groups is 1. The number of halogens is 1. The van der Waals surface area contributed by atoms with Crippen LogP contribution in [0.1, 0.15) is 11.1 Å². The molecule has 0 unspecified atom stereocenters. The summed E-state index contributed by atoms with van der Waals surface area (Å²) in [6.07, 6.45) is 0. The van der Waals surface area contributed by atoms with E-state index in [2.05, 4.69) is 5.32 Å². The number of carbonyl (C=O) groups excluding carboxylic acids is 1. The average Bonchev–Trinajstić information content (AvgIpc) is 3.18. The van der Waals surface area contributed by atoms with Gasteiger partial charge in [-0.25, -0.2) is 12.8 Å². The van der Waals surface area contributed by atoms with Crippen molar-refractivity contribution in [2.45, 2.75) is 18.1 Å². The Balaban J connectivity index is 1.94. The maximum absolute atomic E-state index is 14.4. The molecule has 0 fully saturated rings. The lowest BCUT2D eigenvalue weighted by Crippen LogP contribution is -2.38. The molecule has 1 amide bonds. The van der Waals surface area contributed by atoms with Gasteiger partial charge in [0.15, 0.2) is 0 Å². The average molecular weight is 419 g/mol. The minimum Gasteiger partial charge on any atom is -0.324 e. The van der Waals surface area contributed by atoms with Gasteiger partial charge in [0.1, 0.15) is 16.6 Å². The van der Waals surface area contributed by atoms with Crippen molar-refractivity contribution in [3.05, 3.63) is 76.9 Å². The van der Waals surface area contributed by atoms with Gasteiger partial charge in [0.05, 0.1) is 5.69 Å². The van der Waals surface area contributed by atoms with Crippen molar-refractivity contribution in [2.24, 2.45) is 0 Å². The topological polar surface area (TPSA) is 66.5 Å². The first-order valence-electron chi connectivity index (χ1n) is 8.47. The van der Waals surface area contributed by atoms with Gasteiger partial charge in [-0.05, 0) is 49.1 Å². The summed E-state index contributed by atoms with van der Waals surface area (Å²) in [5.41, 5.74) is 2.31. The molecule has 0 bridgehead atoms. The van der Waals surface area contributed by atoms with Gasteiger partial charge >= 0.3 is 0 Å². The molecule has 0 saturated carbocycles. The Kier molecular flexibility index (Phi) is 5.81. The van der Waals surface area contributed by atoms with E-state index in [1.165, 1.54) is 24.3 Å². The number of aryl methyl sites for hydroxylation is 2. The van der Waals surface area contributed by atoms with E-state index in [4.69, 9.17) is 0 Å². The van der Waals surface area contributed by atoms with Crippen LogP contribution in [-0.4, -0.2) is 20.9 Å². The molecule has 28 heavy (non-hydrogen) atoms. The van der Waals surface area contributed by atoms with E-state index in [0.717, 1.165) is 32.8 Å². The predicted octanol–water partition coefficient (Wildman–Crippen LogP) is 4.34. The standard InChI is InChI=1S/C20H19FN2O3S2/c1-14-9-10-17(15(2)12-14)22-19(24)13-23(18-7-4-3-6-16(18)21)28(25,26)20-8-5-11-27-20/h3-12H,13H2,1-2H3,(H,22,24). The monoisotopic (exact) mass is 418 g/mol. The molecule has 0 spiro atoms. The Bertz CT molecular complexity index is 1100. The van der Waals surface area contributed by atoms with Gasteiger partial charge in [-0.1, -0.05) is 35.9 Å². The van der Waals surface area contributed by atoms with Crippen LogP contribution in [0.25, 0.3) is 0 Å². The van der Waals surface area contributed by atoms with Crippen LogP contribution in [0.3, 0.4) is 0 Å². The first-order chi connectivity index (χ1) is 13.3. The number of para-hydroxylation sites is 1. The number of anilines is 2. The molecule has 2 aromatic carbocycles. The number of sulfonamides is 1. The smallest absolute Gasteiger partial charge is 0.274 e. The van der Waals surface area contributed by atoms with Crippen LogP contribution in [0.2, 0.25) is 0 Å². The molecule has 1 aromatic heterocycles. The summed E-state index contributed by atoms with van der Waals surface area (Å²) >= 11 is 1.01. The number of hydrogen-bond donors (Lipinski definition) is 1. The second kappa shape index (κ2) is 8.12. The highest BCUT2D eigenvalue weighted by atomic mass is 32.2. The minimum absolute atomic E-state index is 0.0371. The van der Waals surface area contributed by atoms with Crippen LogP contribution >= 0.6 is 11.3 Å². The first-order valence-corrected chi connectivity index (χ1v) is 10.8. The normalized spacial score (nSPS) is 11.2. The summed E-state index contributed by atoms with van der Waals surface area (Å²) in [6.45, 7) is 3.24. The zero-order valence-electron chi connectivity index (χ0n) is 15.3. The summed E-state index contributed by atoms with van der Waals surface area (Å²) in [5.74, 6) is -1.28. The number of rotatable bonds is 6. The van der Waals surface area contributed by atoms with Gasteiger partial charge in [0.25, 0.3) is 10.0 Å². The van der Waals surface area contributed by atoms with Gasteiger partial charge in [-0.3, -0.25) is 9.10 Å². The van der Waals surface area contributed by atoms with Crippen LogP contribution in [0.4, 0.5) is 15.8 Å². The highest BCUT2D eigenvalue weighted by molar-refractivity contribution is 7.94. The first kappa shape index (κ1) is 20.0. The molecular weight excluding hydrogens is 399 g/mol. The van der Waals surface area contributed by atoms with E-state index in [0.29, 0.717) is 5.69 Å².